The van der Waals surface area contributed by atoms with Crippen LogP contribution in [-0.4, -0.2) is 64.6 Å². The van der Waals surface area contributed by atoms with Crippen LogP contribution in [0.25, 0.3) is 0 Å². The van der Waals surface area contributed by atoms with Crippen LogP contribution in [0.3, 0.4) is 0 Å². The molecule has 0 saturated carbocycles. The summed E-state index contributed by atoms with van der Waals surface area (Å²) in [4.78, 5) is 49.7. The molecule has 0 aliphatic heterocycles. The summed E-state index contributed by atoms with van der Waals surface area (Å²) in [6.07, 6.45) is 1.91. The van der Waals surface area contributed by atoms with Crippen LogP contribution in [0.2, 0.25) is 0 Å². The first kappa shape index (κ1) is 29.9. The summed E-state index contributed by atoms with van der Waals surface area (Å²) in [5.74, 6) is -2.73. The number of nitrogens with one attached hydrogen (secondary N) is 3. The summed E-state index contributed by atoms with van der Waals surface area (Å²) >= 11 is 0. The minimum Gasteiger partial charge on any atom is -0.508 e. The van der Waals surface area contributed by atoms with Gasteiger partial charge in [0.2, 0.25) is 17.7 Å². The van der Waals surface area contributed by atoms with E-state index >= 15 is 0 Å². The molecule has 35 heavy (non-hydrogen) atoms. The van der Waals surface area contributed by atoms with Crippen molar-refractivity contribution in [3.05, 3.63) is 29.8 Å². The van der Waals surface area contributed by atoms with E-state index in [4.69, 9.17) is 16.6 Å². The van der Waals surface area contributed by atoms with Gasteiger partial charge in [-0.15, -0.1) is 0 Å². The average Bonchev–Trinajstić information content (AvgIpc) is 2.78. The van der Waals surface area contributed by atoms with Gasteiger partial charge in [0.15, 0.2) is 0 Å². The predicted octanol–water partition coefficient (Wildman–Crippen LogP) is -0.00400. The van der Waals surface area contributed by atoms with Crippen molar-refractivity contribution >= 4 is 23.7 Å². The van der Waals surface area contributed by atoms with Gasteiger partial charge in [0.25, 0.3) is 0 Å². The van der Waals surface area contributed by atoms with Gasteiger partial charge in [-0.3, -0.25) is 19.2 Å². The Labute approximate surface area is 206 Å². The first-order valence-electron chi connectivity index (χ1n) is 11.8. The lowest BCUT2D eigenvalue weighted by atomic mass is 10.0. The summed E-state index contributed by atoms with van der Waals surface area (Å²) in [5.41, 5.74) is 12.2. The van der Waals surface area contributed by atoms with Crippen LogP contribution in [0.4, 0.5) is 0 Å². The van der Waals surface area contributed by atoms with Crippen molar-refractivity contribution < 1.29 is 29.4 Å². The number of amides is 3. The molecule has 0 heterocycles. The van der Waals surface area contributed by atoms with E-state index in [1.54, 1.807) is 12.1 Å². The van der Waals surface area contributed by atoms with Crippen LogP contribution in [0.1, 0.15) is 52.0 Å². The summed E-state index contributed by atoms with van der Waals surface area (Å²) in [5, 5.41) is 26.3. The normalized spacial score (nSPS) is 14.5. The number of carbonyl (C=O) groups excluding carboxylic acids is 3. The standard InChI is InChI=1S/C24H39N5O6/c1-14(2)12-18(26)21(31)29-20(13-16-7-9-17(30)10-8-16)23(33)28-19(6-4-5-11-25)22(32)27-15(3)24(34)35/h7-10,14-15,18-20,30H,4-6,11-13,25-26H2,1-3H3,(H,27,32)(H,28,33)(H,29,31)(H,34,35). The zero-order valence-corrected chi connectivity index (χ0v) is 20.6. The van der Waals surface area contributed by atoms with E-state index in [2.05, 4.69) is 16.0 Å². The van der Waals surface area contributed by atoms with Crippen molar-refractivity contribution in [1.82, 2.24) is 16.0 Å². The molecular formula is C24H39N5O6. The highest BCUT2D eigenvalue weighted by atomic mass is 16.4. The molecule has 0 fully saturated rings. The summed E-state index contributed by atoms with van der Waals surface area (Å²) in [7, 11) is 0. The topological polar surface area (TPSA) is 197 Å². The fraction of sp³-hybridized carbons (Fsp3) is 0.583. The number of rotatable bonds is 15. The SMILES string of the molecule is CC(C)CC(N)C(=O)NC(Cc1ccc(O)cc1)C(=O)NC(CCCCN)C(=O)NC(C)C(=O)O. The Morgan fingerprint density at radius 1 is 0.886 bits per heavy atom. The maximum Gasteiger partial charge on any atom is 0.325 e. The lowest BCUT2D eigenvalue weighted by Gasteiger charge is -2.25. The van der Waals surface area contributed by atoms with E-state index in [9.17, 15) is 24.3 Å². The monoisotopic (exact) mass is 493 g/mol. The highest BCUT2D eigenvalue weighted by Gasteiger charge is 2.29. The number of phenolic OH excluding ortho intramolecular Hbond substituents is 1. The number of aliphatic carboxylic acids is 1. The van der Waals surface area contributed by atoms with Gasteiger partial charge in [-0.1, -0.05) is 26.0 Å². The lowest BCUT2D eigenvalue weighted by molar-refractivity contribution is -0.141. The van der Waals surface area contributed by atoms with Crippen LogP contribution in [0.5, 0.6) is 5.75 Å². The van der Waals surface area contributed by atoms with Gasteiger partial charge < -0.3 is 37.6 Å². The van der Waals surface area contributed by atoms with Crippen LogP contribution in [-0.2, 0) is 25.6 Å². The van der Waals surface area contributed by atoms with E-state index < -0.39 is 47.9 Å². The fourth-order valence-corrected chi connectivity index (χ4v) is 3.38. The number of unbranched alkanes of at least 4 members (excludes halogenated alkanes) is 1. The van der Waals surface area contributed by atoms with Crippen molar-refractivity contribution in [2.45, 2.75) is 77.0 Å². The molecule has 4 atom stereocenters. The maximum atomic E-state index is 13.2. The molecule has 0 spiro atoms. The van der Waals surface area contributed by atoms with Gasteiger partial charge in [-0.25, -0.2) is 0 Å². The lowest BCUT2D eigenvalue weighted by Crippen LogP contribution is -2.57. The molecule has 0 aliphatic rings. The second kappa shape index (κ2) is 14.9. The molecule has 3 amide bonds. The molecule has 1 rings (SSSR count). The Kier molecular flexibility index (Phi) is 12.7. The Morgan fingerprint density at radius 3 is 2.00 bits per heavy atom. The number of aromatic hydroxyl groups is 1. The van der Waals surface area contributed by atoms with Crippen LogP contribution >= 0.6 is 0 Å². The predicted molar refractivity (Wildman–Crippen MR) is 131 cm³/mol. The Bertz CT molecular complexity index is 845. The quantitative estimate of drug-likeness (QED) is 0.166. The van der Waals surface area contributed by atoms with Crippen molar-refractivity contribution in [3.63, 3.8) is 0 Å². The molecule has 11 nitrogen and oxygen atoms in total. The largest absolute Gasteiger partial charge is 0.508 e. The van der Waals surface area contributed by atoms with Crippen molar-refractivity contribution in [3.8, 4) is 5.75 Å². The van der Waals surface area contributed by atoms with Crippen molar-refractivity contribution in [2.75, 3.05) is 6.54 Å². The van der Waals surface area contributed by atoms with E-state index in [-0.39, 0.29) is 24.5 Å². The second-order valence-corrected chi connectivity index (χ2v) is 9.08. The van der Waals surface area contributed by atoms with Gasteiger partial charge in [0.05, 0.1) is 6.04 Å². The van der Waals surface area contributed by atoms with E-state index in [1.165, 1.54) is 19.1 Å². The third-order valence-electron chi connectivity index (χ3n) is 5.38. The molecule has 0 bridgehead atoms. The molecule has 1 aromatic rings. The van der Waals surface area contributed by atoms with Gasteiger partial charge >= 0.3 is 5.97 Å². The third-order valence-corrected chi connectivity index (χ3v) is 5.38. The zero-order chi connectivity index (χ0) is 26.5. The van der Waals surface area contributed by atoms with Crippen molar-refractivity contribution in [1.29, 1.82) is 0 Å². The summed E-state index contributed by atoms with van der Waals surface area (Å²) < 4.78 is 0. The Morgan fingerprint density at radius 2 is 1.46 bits per heavy atom. The van der Waals surface area contributed by atoms with Gasteiger partial charge in [0, 0.05) is 6.42 Å². The molecule has 11 heteroatoms. The molecule has 1 aromatic carbocycles. The summed E-state index contributed by atoms with van der Waals surface area (Å²) in [6, 6.07) is 2.15. The smallest absolute Gasteiger partial charge is 0.325 e. The van der Waals surface area contributed by atoms with Crippen molar-refractivity contribution in [2.24, 2.45) is 17.4 Å². The van der Waals surface area contributed by atoms with Crippen LogP contribution in [0.15, 0.2) is 24.3 Å². The highest BCUT2D eigenvalue weighted by molar-refractivity contribution is 5.94. The number of carbonyl (C=O) groups is 4. The van der Waals surface area contributed by atoms with Crippen LogP contribution < -0.4 is 27.4 Å². The number of hydrogen-bond acceptors (Lipinski definition) is 7. The Hall–Kier alpha value is -3.18. The molecule has 0 radical (unpaired) electrons. The number of carboxylic acid groups (broad SMARTS) is 1. The average molecular weight is 494 g/mol. The molecule has 0 aromatic heterocycles. The number of benzene rings is 1. The van der Waals surface area contributed by atoms with E-state index in [1.807, 2.05) is 13.8 Å². The molecule has 9 N–H and O–H groups in total. The fourth-order valence-electron chi connectivity index (χ4n) is 3.38. The number of hydrogen-bond donors (Lipinski definition) is 7. The maximum absolute atomic E-state index is 13.2. The zero-order valence-electron chi connectivity index (χ0n) is 20.6. The molecular weight excluding hydrogens is 454 g/mol. The minimum absolute atomic E-state index is 0.0573. The number of nitrogens with two attached hydrogens (primary N) is 2. The first-order valence-corrected chi connectivity index (χ1v) is 11.8. The van der Waals surface area contributed by atoms with Crippen LogP contribution in [0, 0.1) is 5.92 Å². The number of carboxylic acids is 1. The molecule has 196 valence electrons. The third kappa shape index (κ3) is 11.2. The molecule has 0 aliphatic carbocycles. The van der Waals surface area contributed by atoms with Gasteiger partial charge in [0.1, 0.15) is 23.9 Å². The molecule has 4 unspecified atom stereocenters. The molecule has 0 saturated heterocycles. The second-order valence-electron chi connectivity index (χ2n) is 9.08. The van der Waals surface area contributed by atoms with E-state index in [0.29, 0.717) is 31.4 Å². The van der Waals surface area contributed by atoms with Gasteiger partial charge in [-0.2, -0.15) is 0 Å². The van der Waals surface area contributed by atoms with Gasteiger partial charge in [-0.05, 0) is 62.8 Å². The minimum atomic E-state index is -1.21. The first-order chi connectivity index (χ1) is 16.4. The number of phenols is 1. The Balaban J connectivity index is 3.07. The summed E-state index contributed by atoms with van der Waals surface area (Å²) in [6.45, 7) is 5.58. The van der Waals surface area contributed by atoms with E-state index in [0.717, 1.165) is 0 Å². The highest BCUT2D eigenvalue weighted by Crippen LogP contribution is 2.13.